The summed E-state index contributed by atoms with van der Waals surface area (Å²) in [6.07, 6.45) is 2.64. The lowest BCUT2D eigenvalue weighted by Gasteiger charge is -2.12. The van der Waals surface area contributed by atoms with Gasteiger partial charge in [-0.15, -0.1) is 0 Å². The van der Waals surface area contributed by atoms with Crippen molar-refractivity contribution in [3.8, 4) is 0 Å². The molecule has 0 heterocycles. The molecule has 1 atom stereocenters. The molecule has 0 bridgehead atoms. The summed E-state index contributed by atoms with van der Waals surface area (Å²) in [5.74, 6) is 1.05. The van der Waals surface area contributed by atoms with Crippen LogP contribution in [0.3, 0.4) is 0 Å². The van der Waals surface area contributed by atoms with Crippen LogP contribution in [-0.4, -0.2) is 12.8 Å². The zero-order valence-electron chi connectivity index (χ0n) is 6.84. The second-order valence-electron chi connectivity index (χ2n) is 3.13. The van der Waals surface area contributed by atoms with Crippen LogP contribution in [0, 0.1) is 11.8 Å². The SMILES string of the molecule is CC(C)CC(CN)CC=O. The smallest absolute Gasteiger partial charge is 0.120 e. The van der Waals surface area contributed by atoms with Gasteiger partial charge in [0.25, 0.3) is 0 Å². The summed E-state index contributed by atoms with van der Waals surface area (Å²) in [6, 6.07) is 0. The topological polar surface area (TPSA) is 43.1 Å². The van der Waals surface area contributed by atoms with Gasteiger partial charge >= 0.3 is 0 Å². The Morgan fingerprint density at radius 1 is 1.50 bits per heavy atom. The van der Waals surface area contributed by atoms with E-state index >= 15 is 0 Å². The van der Waals surface area contributed by atoms with Gasteiger partial charge < -0.3 is 10.5 Å². The molecule has 0 aliphatic heterocycles. The molecule has 0 spiro atoms. The van der Waals surface area contributed by atoms with Crippen molar-refractivity contribution in [1.29, 1.82) is 0 Å². The van der Waals surface area contributed by atoms with Gasteiger partial charge in [0.1, 0.15) is 6.29 Å². The largest absolute Gasteiger partial charge is 0.330 e. The van der Waals surface area contributed by atoms with Gasteiger partial charge in [0, 0.05) is 6.42 Å². The first-order chi connectivity index (χ1) is 4.70. The Labute approximate surface area is 62.8 Å². The van der Waals surface area contributed by atoms with Crippen LogP contribution in [0.15, 0.2) is 0 Å². The molecule has 0 fully saturated rings. The third-order valence-corrected chi connectivity index (χ3v) is 1.57. The van der Waals surface area contributed by atoms with Gasteiger partial charge in [-0.2, -0.15) is 0 Å². The number of aldehydes is 1. The summed E-state index contributed by atoms with van der Waals surface area (Å²) in [4.78, 5) is 10.1. The summed E-state index contributed by atoms with van der Waals surface area (Å²) in [6.45, 7) is 4.93. The molecule has 2 N–H and O–H groups in total. The van der Waals surface area contributed by atoms with E-state index in [1.165, 1.54) is 0 Å². The minimum atomic E-state index is 0.400. The summed E-state index contributed by atoms with van der Waals surface area (Å²) in [7, 11) is 0. The van der Waals surface area contributed by atoms with Crippen molar-refractivity contribution in [2.24, 2.45) is 17.6 Å². The van der Waals surface area contributed by atoms with E-state index in [1.54, 1.807) is 0 Å². The fraction of sp³-hybridized carbons (Fsp3) is 0.875. The van der Waals surface area contributed by atoms with Gasteiger partial charge in [-0.3, -0.25) is 0 Å². The van der Waals surface area contributed by atoms with Crippen molar-refractivity contribution >= 4 is 6.29 Å². The van der Waals surface area contributed by atoms with E-state index < -0.39 is 0 Å². The van der Waals surface area contributed by atoms with Crippen molar-refractivity contribution in [1.82, 2.24) is 0 Å². The number of rotatable bonds is 5. The van der Waals surface area contributed by atoms with Crippen molar-refractivity contribution in [3.63, 3.8) is 0 Å². The molecular weight excluding hydrogens is 126 g/mol. The molecule has 2 nitrogen and oxygen atoms in total. The van der Waals surface area contributed by atoms with Crippen LogP contribution in [0.5, 0.6) is 0 Å². The molecule has 0 rings (SSSR count). The van der Waals surface area contributed by atoms with E-state index in [9.17, 15) is 4.79 Å². The molecule has 0 aromatic rings. The predicted molar refractivity (Wildman–Crippen MR) is 42.7 cm³/mol. The summed E-state index contributed by atoms with van der Waals surface area (Å²) in [5, 5.41) is 0. The Hall–Kier alpha value is -0.370. The summed E-state index contributed by atoms with van der Waals surface area (Å²) >= 11 is 0. The zero-order chi connectivity index (χ0) is 7.98. The molecule has 0 saturated carbocycles. The maximum Gasteiger partial charge on any atom is 0.120 e. The molecule has 0 aliphatic rings. The normalized spacial score (nSPS) is 13.6. The highest BCUT2D eigenvalue weighted by Crippen LogP contribution is 2.12. The lowest BCUT2D eigenvalue weighted by atomic mass is 9.95. The fourth-order valence-electron chi connectivity index (χ4n) is 1.09. The van der Waals surface area contributed by atoms with Crippen molar-refractivity contribution in [2.45, 2.75) is 26.7 Å². The highest BCUT2D eigenvalue weighted by atomic mass is 16.1. The molecule has 0 aliphatic carbocycles. The lowest BCUT2D eigenvalue weighted by molar-refractivity contribution is -0.108. The Balaban J connectivity index is 3.48. The average molecular weight is 143 g/mol. The maximum absolute atomic E-state index is 10.1. The first kappa shape index (κ1) is 9.63. The average Bonchev–Trinajstić information content (AvgIpc) is 1.86. The number of carbonyl (C=O) groups is 1. The maximum atomic E-state index is 10.1. The molecule has 10 heavy (non-hydrogen) atoms. The molecule has 0 radical (unpaired) electrons. The molecule has 2 heteroatoms. The van der Waals surface area contributed by atoms with Crippen molar-refractivity contribution in [2.75, 3.05) is 6.54 Å². The molecule has 0 amide bonds. The van der Waals surface area contributed by atoms with Crippen LogP contribution >= 0.6 is 0 Å². The van der Waals surface area contributed by atoms with Crippen LogP contribution in [-0.2, 0) is 4.79 Å². The third-order valence-electron chi connectivity index (χ3n) is 1.57. The summed E-state index contributed by atoms with van der Waals surface area (Å²) in [5.41, 5.74) is 5.45. The first-order valence-electron chi connectivity index (χ1n) is 3.84. The zero-order valence-corrected chi connectivity index (χ0v) is 6.84. The Morgan fingerprint density at radius 3 is 2.40 bits per heavy atom. The molecule has 60 valence electrons. The number of nitrogens with two attached hydrogens (primary N) is 1. The van der Waals surface area contributed by atoms with Gasteiger partial charge in [-0.1, -0.05) is 13.8 Å². The second kappa shape index (κ2) is 5.42. The predicted octanol–water partition coefficient (Wildman–Crippen LogP) is 1.20. The molecule has 1 unspecified atom stereocenters. The van der Waals surface area contributed by atoms with E-state index in [4.69, 9.17) is 5.73 Å². The van der Waals surface area contributed by atoms with Gasteiger partial charge in [0.2, 0.25) is 0 Å². The van der Waals surface area contributed by atoms with Crippen molar-refractivity contribution < 1.29 is 4.79 Å². The van der Waals surface area contributed by atoms with E-state index in [1.807, 2.05) is 0 Å². The van der Waals surface area contributed by atoms with Crippen LogP contribution in [0.2, 0.25) is 0 Å². The van der Waals surface area contributed by atoms with Crippen LogP contribution in [0.4, 0.5) is 0 Å². The van der Waals surface area contributed by atoms with E-state index in [0.29, 0.717) is 24.8 Å². The summed E-state index contributed by atoms with van der Waals surface area (Å²) < 4.78 is 0. The minimum Gasteiger partial charge on any atom is -0.330 e. The van der Waals surface area contributed by atoms with Gasteiger partial charge in [0.15, 0.2) is 0 Å². The quantitative estimate of drug-likeness (QED) is 0.587. The number of carbonyl (C=O) groups excluding carboxylic acids is 1. The Kier molecular flexibility index (Phi) is 5.22. The van der Waals surface area contributed by atoms with E-state index in [0.717, 1.165) is 12.7 Å². The third kappa shape index (κ3) is 4.50. The number of hydrogen-bond acceptors (Lipinski definition) is 2. The van der Waals surface area contributed by atoms with Gasteiger partial charge in [-0.25, -0.2) is 0 Å². The number of hydrogen-bond donors (Lipinski definition) is 1. The highest BCUT2D eigenvalue weighted by Gasteiger charge is 2.07. The van der Waals surface area contributed by atoms with Gasteiger partial charge in [0.05, 0.1) is 0 Å². The lowest BCUT2D eigenvalue weighted by Crippen LogP contribution is -2.16. The van der Waals surface area contributed by atoms with E-state index in [2.05, 4.69) is 13.8 Å². The molecule has 0 saturated heterocycles. The fourth-order valence-corrected chi connectivity index (χ4v) is 1.09. The second-order valence-corrected chi connectivity index (χ2v) is 3.13. The standard InChI is InChI=1S/C8H17NO/c1-7(2)5-8(6-9)3-4-10/h4,7-8H,3,5-6,9H2,1-2H3. The van der Waals surface area contributed by atoms with Crippen LogP contribution in [0.25, 0.3) is 0 Å². The highest BCUT2D eigenvalue weighted by molar-refractivity contribution is 5.49. The first-order valence-corrected chi connectivity index (χ1v) is 3.84. The molecule has 0 aromatic carbocycles. The Bertz CT molecular complexity index is 91.3. The van der Waals surface area contributed by atoms with E-state index in [-0.39, 0.29) is 0 Å². The monoisotopic (exact) mass is 143 g/mol. The van der Waals surface area contributed by atoms with Gasteiger partial charge in [-0.05, 0) is 24.8 Å². The molecule has 0 aromatic heterocycles. The van der Waals surface area contributed by atoms with Crippen molar-refractivity contribution in [3.05, 3.63) is 0 Å². The minimum absolute atomic E-state index is 0.400. The molecular formula is C8H17NO. The van der Waals surface area contributed by atoms with Crippen LogP contribution in [0.1, 0.15) is 26.7 Å². The Morgan fingerprint density at radius 2 is 2.10 bits per heavy atom. The van der Waals surface area contributed by atoms with Crippen LogP contribution < -0.4 is 5.73 Å².